The van der Waals surface area contributed by atoms with Gasteiger partial charge in [-0.2, -0.15) is 0 Å². The van der Waals surface area contributed by atoms with Crippen LogP contribution in [0.2, 0.25) is 103 Å². The zero-order valence-electron chi connectivity index (χ0n) is 67.8. The van der Waals surface area contributed by atoms with Crippen LogP contribution in [-0.2, 0) is 14.9 Å². The van der Waals surface area contributed by atoms with Crippen LogP contribution in [0.25, 0.3) is 43.1 Å². The molecule has 0 saturated carbocycles. The third kappa shape index (κ3) is 9.86. The average Bonchev–Trinajstić information content (AvgIpc) is 1.51. The molecule has 13 heteroatoms. The van der Waals surface area contributed by atoms with Crippen molar-refractivity contribution in [2.75, 3.05) is 0 Å². The van der Waals surface area contributed by atoms with Crippen molar-refractivity contribution in [3.63, 3.8) is 0 Å². The molecule has 5 spiro atoms. The third-order valence-electron chi connectivity index (χ3n) is 27.6. The first-order chi connectivity index (χ1) is 52.5. The van der Waals surface area contributed by atoms with E-state index in [2.05, 4.69) is 386 Å². The van der Waals surface area contributed by atoms with Crippen LogP contribution < -0.4 is 17.7 Å². The summed E-state index contributed by atoms with van der Waals surface area (Å²) in [5.41, 5.74) is 21.1. The molecule has 10 aliphatic rings. The summed E-state index contributed by atoms with van der Waals surface area (Å²) in [6.07, 6.45) is 49.7. The van der Waals surface area contributed by atoms with E-state index in [-0.39, 0.29) is 23.7 Å². The summed E-state index contributed by atoms with van der Waals surface area (Å²) in [4.78, 5) is 0. The van der Waals surface area contributed by atoms with Crippen LogP contribution in [0.3, 0.4) is 0 Å². The molecule has 0 N–H and O–H groups in total. The van der Waals surface area contributed by atoms with E-state index in [1.807, 2.05) is 0 Å². The molecule has 2 fully saturated rings. The Morgan fingerprint density at radius 1 is 0.288 bits per heavy atom. The second-order valence-corrected chi connectivity index (χ2v) is 95.4. The molecule has 8 aromatic rings. The van der Waals surface area contributed by atoms with Crippen LogP contribution >= 0.6 is 17.0 Å². The van der Waals surface area contributed by atoms with E-state index in [9.17, 15) is 17.0 Å². The van der Waals surface area contributed by atoms with E-state index in [0.29, 0.717) is 0 Å². The van der Waals surface area contributed by atoms with Gasteiger partial charge in [0.15, 0.2) is 0 Å². The van der Waals surface area contributed by atoms with Crippen molar-refractivity contribution in [2.45, 2.75) is 154 Å². The Balaban J connectivity index is 0.948. The topological polar surface area (TPSA) is 36.9 Å². The Bertz CT molecular complexity index is 5340. The third-order valence-corrected chi connectivity index (χ3v) is 116. The number of fused-ring (bicyclic) bond motifs is 12. The SMILES string of the molecule is CC1=CC2=C(C=CC=CC2c2ccc3cc(O[Si](C)(C)C)ccc3c2)[C]12[SiH](C)[C]1(C(C)=CC3=C1C=CC=CC3c1ccc3cc(O[Si](C)(C)C)ccc3c1)[Zr]21([Cl])([Cl])[C]2(C(C)=CC3=C2C=CC=CC3c2ccc3cc(O[Si](C)(C)C)ccc3c2)[SiH](C)[C]12C(C)=CC1=C2C=CC=CC1c1ccc2cc(O[Si](C)(C)C)ccc2c1. The molecule has 4 nitrogen and oxygen atoms in total. The van der Waals surface area contributed by atoms with E-state index in [1.165, 1.54) is 132 Å². The van der Waals surface area contributed by atoms with E-state index >= 15 is 0 Å². The number of allylic oxidation sites excluding steroid dienone is 32. The number of hydrogen-bond donors (Lipinski definition) is 0. The van der Waals surface area contributed by atoms with Crippen LogP contribution in [0.1, 0.15) is 73.6 Å². The summed E-state index contributed by atoms with van der Waals surface area (Å²) in [6, 6.07) is 55.4. The molecule has 0 aromatic heterocycles. The molecule has 0 amide bonds. The first kappa shape index (κ1) is 75.0. The molecule has 2 aliphatic heterocycles. The van der Waals surface area contributed by atoms with Crippen LogP contribution in [0.15, 0.2) is 334 Å². The van der Waals surface area contributed by atoms with Gasteiger partial charge in [0, 0.05) is 0 Å². The molecule has 562 valence electrons. The summed E-state index contributed by atoms with van der Waals surface area (Å²) < 4.78 is 23.4. The first-order valence-corrected chi connectivity index (χ1v) is 69.8. The van der Waals surface area contributed by atoms with Crippen molar-refractivity contribution in [2.24, 2.45) is 0 Å². The molecular formula is C98H104Cl2O4Si6Zr. The Kier molecular flexibility index (Phi) is 16.9. The predicted molar refractivity (Wildman–Crippen MR) is 487 cm³/mol. The summed E-state index contributed by atoms with van der Waals surface area (Å²) in [6.45, 7) is 42.7. The average molecular weight is 1680 g/mol. The van der Waals surface area contributed by atoms with Gasteiger partial charge in [-0.25, -0.2) is 0 Å². The second kappa shape index (κ2) is 25.1. The van der Waals surface area contributed by atoms with Crippen molar-refractivity contribution in [3.8, 4) is 23.0 Å². The number of benzene rings is 8. The van der Waals surface area contributed by atoms with Crippen LogP contribution in [-0.4, -0.2) is 50.9 Å². The van der Waals surface area contributed by atoms with Crippen molar-refractivity contribution < 1.29 is 32.6 Å². The van der Waals surface area contributed by atoms with Gasteiger partial charge in [-0.1, -0.05) is 0 Å². The minimum atomic E-state index is -7.84. The molecule has 0 radical (unpaired) electrons. The van der Waals surface area contributed by atoms with E-state index in [1.54, 1.807) is 0 Å². The zero-order valence-corrected chi connectivity index (χ0v) is 78.0. The molecule has 111 heavy (non-hydrogen) atoms. The second-order valence-electron chi connectivity index (χ2n) is 37.9. The van der Waals surface area contributed by atoms with Gasteiger partial charge in [-0.05, 0) is 78.6 Å². The van der Waals surface area contributed by atoms with Gasteiger partial charge in [-0.3, -0.25) is 0 Å². The van der Waals surface area contributed by atoms with Crippen LogP contribution in [0.5, 0.6) is 23.0 Å². The maximum atomic E-state index is 11.7. The van der Waals surface area contributed by atoms with Crippen LogP contribution in [0, 0.1) is 0 Å². The summed E-state index contributed by atoms with van der Waals surface area (Å²) in [5.74, 6) is 3.29. The monoisotopic (exact) mass is 1670 g/mol. The van der Waals surface area contributed by atoms with Crippen LogP contribution in [0.4, 0.5) is 0 Å². The summed E-state index contributed by atoms with van der Waals surface area (Å²) >= 11 is -7.84. The zero-order chi connectivity index (χ0) is 78.0. The fraction of sp³-hybridized carbons (Fsp3) is 0.265. The number of hydrogen-bond acceptors (Lipinski definition) is 4. The van der Waals surface area contributed by atoms with Gasteiger partial charge in [0.05, 0.1) is 0 Å². The summed E-state index contributed by atoms with van der Waals surface area (Å²) in [5, 5.41) is 9.48. The maximum absolute atomic E-state index is 11.7. The molecule has 8 unspecified atom stereocenters. The predicted octanol–water partition coefficient (Wildman–Crippen LogP) is 28.2. The Hall–Kier alpha value is -7.40. The molecule has 2 saturated heterocycles. The van der Waals surface area contributed by atoms with E-state index in [4.69, 9.17) is 17.7 Å². The van der Waals surface area contributed by atoms with Gasteiger partial charge in [0.2, 0.25) is 0 Å². The molecule has 18 rings (SSSR count). The Morgan fingerprint density at radius 2 is 0.486 bits per heavy atom. The standard InChI is InChI=1S/2C49H52O2Si3.2ClH.Zr/c2*1-32-26-46-42(38-20-18-36-30-40(50-53(4,5)6)24-22-34(36)28-38)14-10-12-16-44(46)48(32)52(3)49-33(2)27-47-43(15-11-13-17-45(47)49)39-21-19-37-31-41(51-54(7,8)9)25-23-35(37)29-39;;;/h2*10-31,42-43,52H,1-9H3;2*1H;/q;;;;+2/p-2. The number of rotatable bonds is 12. The van der Waals surface area contributed by atoms with Gasteiger partial charge in [-0.15, -0.1) is 0 Å². The van der Waals surface area contributed by atoms with Gasteiger partial charge >= 0.3 is 598 Å². The van der Waals surface area contributed by atoms with E-state index < -0.39 is 76.8 Å². The molecule has 2 heterocycles. The van der Waals surface area contributed by atoms with Gasteiger partial charge < -0.3 is 0 Å². The fourth-order valence-corrected chi connectivity index (χ4v) is 152. The van der Waals surface area contributed by atoms with Crippen molar-refractivity contribution in [3.05, 3.63) is 356 Å². The molecule has 8 atom stereocenters. The first-order valence-electron chi connectivity index (χ1n) is 40.3. The summed E-state index contributed by atoms with van der Waals surface area (Å²) in [7, 11) is 10.6. The molecule has 8 aromatic carbocycles. The molecular weight excluding hydrogens is 1570 g/mol. The van der Waals surface area contributed by atoms with Gasteiger partial charge in [0.1, 0.15) is 0 Å². The fourth-order valence-electron chi connectivity index (χ4n) is 25.3. The molecule has 8 aliphatic carbocycles. The molecule has 0 bridgehead atoms. The van der Waals surface area contributed by atoms with Crippen molar-refractivity contribution in [1.29, 1.82) is 0 Å². The quantitative estimate of drug-likeness (QED) is 0.114. The number of halogens is 2. The minimum absolute atomic E-state index is 0.110. The Morgan fingerprint density at radius 3 is 0.694 bits per heavy atom. The Labute approximate surface area is 670 Å². The van der Waals surface area contributed by atoms with Gasteiger partial charge in [0.25, 0.3) is 0 Å². The normalized spacial score (nSPS) is 29.0. The van der Waals surface area contributed by atoms with Crippen molar-refractivity contribution >= 4 is 111 Å². The van der Waals surface area contributed by atoms with E-state index in [0.717, 1.165) is 23.0 Å². The van der Waals surface area contributed by atoms with Crippen molar-refractivity contribution in [1.82, 2.24) is 0 Å².